The van der Waals surface area contributed by atoms with Gasteiger partial charge in [-0.3, -0.25) is 0 Å². The molecule has 2 aliphatic rings. The molecule has 0 N–H and O–H groups in total. The van der Waals surface area contributed by atoms with Gasteiger partial charge in [-0.1, -0.05) is 6.92 Å². The van der Waals surface area contributed by atoms with Crippen molar-refractivity contribution in [2.45, 2.75) is 38.6 Å². The van der Waals surface area contributed by atoms with Crippen LogP contribution in [0.3, 0.4) is 0 Å². The molecule has 64 valence electrons. The molecule has 2 fully saturated rings. The van der Waals surface area contributed by atoms with E-state index in [1.165, 1.54) is 32.2 Å². The summed E-state index contributed by atoms with van der Waals surface area (Å²) in [4.78, 5) is 2.58. The molecule has 2 rings (SSSR count). The summed E-state index contributed by atoms with van der Waals surface area (Å²) in [5.41, 5.74) is 0. The normalized spacial score (nSPS) is 45.8. The third kappa shape index (κ3) is 1.31. The first kappa shape index (κ1) is 7.60. The molecule has 1 nitrogen and oxygen atoms in total. The van der Waals surface area contributed by atoms with Crippen LogP contribution < -0.4 is 0 Å². The van der Waals surface area contributed by atoms with Crippen molar-refractivity contribution >= 4 is 0 Å². The molecule has 0 radical (unpaired) electrons. The van der Waals surface area contributed by atoms with Crippen LogP contribution in [0, 0.1) is 11.8 Å². The molecule has 0 aromatic heterocycles. The Kier molecular flexibility index (Phi) is 1.92. The predicted molar refractivity (Wildman–Crippen MR) is 47.5 cm³/mol. The second-order valence-corrected chi connectivity index (χ2v) is 4.53. The molecule has 0 aromatic carbocycles. The maximum Gasteiger partial charge on any atom is 0.0123 e. The highest BCUT2D eigenvalue weighted by Gasteiger charge is 2.36. The van der Waals surface area contributed by atoms with Crippen LogP contribution in [0.25, 0.3) is 0 Å². The molecule has 3 unspecified atom stereocenters. The maximum absolute atomic E-state index is 2.58. The second-order valence-electron chi connectivity index (χ2n) is 4.53. The number of piperidine rings is 1. The van der Waals surface area contributed by atoms with Crippen LogP contribution in [-0.2, 0) is 0 Å². The standard InChI is InChI=1S/C10H19N/c1-8-6-9-4-3-5-11(2)10(9)7-8/h8-10H,3-7H2,1-2H3. The molecular formula is C10H19N. The number of nitrogens with zero attached hydrogens (tertiary/aromatic N) is 1. The summed E-state index contributed by atoms with van der Waals surface area (Å²) < 4.78 is 0. The minimum absolute atomic E-state index is 0.943. The monoisotopic (exact) mass is 153 g/mol. The third-order valence-corrected chi connectivity index (χ3v) is 3.55. The van der Waals surface area contributed by atoms with Gasteiger partial charge in [-0.2, -0.15) is 0 Å². The first-order chi connectivity index (χ1) is 5.27. The second kappa shape index (κ2) is 2.78. The van der Waals surface area contributed by atoms with E-state index in [1.54, 1.807) is 0 Å². The van der Waals surface area contributed by atoms with E-state index < -0.39 is 0 Å². The fraction of sp³-hybridized carbons (Fsp3) is 1.00. The van der Waals surface area contributed by atoms with Gasteiger partial charge >= 0.3 is 0 Å². The molecule has 1 heterocycles. The Morgan fingerprint density at radius 2 is 2.09 bits per heavy atom. The summed E-state index contributed by atoms with van der Waals surface area (Å²) in [6.45, 7) is 3.75. The Morgan fingerprint density at radius 3 is 2.82 bits per heavy atom. The lowest BCUT2D eigenvalue weighted by Crippen LogP contribution is -2.39. The van der Waals surface area contributed by atoms with Gasteiger partial charge in [0.1, 0.15) is 0 Å². The van der Waals surface area contributed by atoms with E-state index in [1.807, 2.05) is 0 Å². The van der Waals surface area contributed by atoms with Crippen molar-refractivity contribution in [2.75, 3.05) is 13.6 Å². The van der Waals surface area contributed by atoms with Gasteiger partial charge in [0.05, 0.1) is 0 Å². The highest BCUT2D eigenvalue weighted by molar-refractivity contribution is 4.90. The van der Waals surface area contributed by atoms with Crippen LogP contribution in [-0.4, -0.2) is 24.5 Å². The molecule has 0 bridgehead atoms. The van der Waals surface area contributed by atoms with E-state index in [-0.39, 0.29) is 0 Å². The summed E-state index contributed by atoms with van der Waals surface area (Å²) in [5.74, 6) is 2.04. The van der Waals surface area contributed by atoms with E-state index in [9.17, 15) is 0 Å². The summed E-state index contributed by atoms with van der Waals surface area (Å²) in [6.07, 6.45) is 5.89. The fourth-order valence-electron chi connectivity index (χ4n) is 2.99. The van der Waals surface area contributed by atoms with Crippen LogP contribution in [0.4, 0.5) is 0 Å². The van der Waals surface area contributed by atoms with E-state index >= 15 is 0 Å². The smallest absolute Gasteiger partial charge is 0.0123 e. The van der Waals surface area contributed by atoms with E-state index in [0.29, 0.717) is 0 Å². The van der Waals surface area contributed by atoms with Gasteiger partial charge in [-0.25, -0.2) is 0 Å². The summed E-state index contributed by atoms with van der Waals surface area (Å²) in [6, 6.07) is 0.943. The van der Waals surface area contributed by atoms with E-state index in [4.69, 9.17) is 0 Å². The third-order valence-electron chi connectivity index (χ3n) is 3.55. The van der Waals surface area contributed by atoms with Crippen molar-refractivity contribution in [3.8, 4) is 0 Å². The summed E-state index contributed by atoms with van der Waals surface area (Å²) >= 11 is 0. The van der Waals surface area contributed by atoms with Crippen LogP contribution in [0.15, 0.2) is 0 Å². The van der Waals surface area contributed by atoms with Crippen LogP contribution in [0.1, 0.15) is 32.6 Å². The molecule has 1 saturated heterocycles. The quantitative estimate of drug-likeness (QED) is 0.515. The summed E-state index contributed by atoms with van der Waals surface area (Å²) in [5, 5.41) is 0. The van der Waals surface area contributed by atoms with E-state index in [2.05, 4.69) is 18.9 Å². The predicted octanol–water partition coefficient (Wildman–Crippen LogP) is 2.13. The minimum atomic E-state index is 0.943. The number of fused-ring (bicyclic) bond motifs is 1. The Bertz CT molecular complexity index is 144. The van der Waals surface area contributed by atoms with Gasteiger partial charge in [-0.15, -0.1) is 0 Å². The first-order valence-electron chi connectivity index (χ1n) is 4.97. The zero-order valence-electron chi connectivity index (χ0n) is 7.71. The molecule has 0 amide bonds. The average molecular weight is 153 g/mol. The number of likely N-dealkylation sites (tertiary alicyclic amines) is 1. The zero-order chi connectivity index (χ0) is 7.84. The molecule has 1 saturated carbocycles. The molecule has 0 spiro atoms. The molecule has 1 aliphatic heterocycles. The Morgan fingerprint density at radius 1 is 1.27 bits per heavy atom. The van der Waals surface area contributed by atoms with Crippen LogP contribution >= 0.6 is 0 Å². The van der Waals surface area contributed by atoms with Crippen LogP contribution in [0.5, 0.6) is 0 Å². The highest BCUT2D eigenvalue weighted by atomic mass is 15.1. The van der Waals surface area contributed by atoms with Gasteiger partial charge in [-0.05, 0) is 51.1 Å². The average Bonchev–Trinajstić information content (AvgIpc) is 2.31. The van der Waals surface area contributed by atoms with Gasteiger partial charge in [0.15, 0.2) is 0 Å². The van der Waals surface area contributed by atoms with Crippen molar-refractivity contribution in [1.29, 1.82) is 0 Å². The van der Waals surface area contributed by atoms with E-state index in [0.717, 1.165) is 17.9 Å². The SMILES string of the molecule is CC1CC2CCCN(C)C2C1. The van der Waals surface area contributed by atoms with Gasteiger partial charge in [0.2, 0.25) is 0 Å². The van der Waals surface area contributed by atoms with Gasteiger partial charge < -0.3 is 4.90 Å². The van der Waals surface area contributed by atoms with Gasteiger partial charge in [0.25, 0.3) is 0 Å². The number of rotatable bonds is 0. The maximum atomic E-state index is 2.58. The number of hydrogen-bond acceptors (Lipinski definition) is 1. The van der Waals surface area contributed by atoms with Crippen molar-refractivity contribution in [3.05, 3.63) is 0 Å². The fourth-order valence-corrected chi connectivity index (χ4v) is 2.99. The molecule has 3 atom stereocenters. The molecule has 0 aromatic rings. The largest absolute Gasteiger partial charge is 0.303 e. The molecule has 1 aliphatic carbocycles. The summed E-state index contributed by atoms with van der Waals surface area (Å²) in [7, 11) is 2.30. The lowest BCUT2D eigenvalue weighted by molar-refractivity contribution is 0.144. The molecule has 11 heavy (non-hydrogen) atoms. The minimum Gasteiger partial charge on any atom is -0.303 e. The Labute approximate surface area is 69.8 Å². The van der Waals surface area contributed by atoms with Crippen molar-refractivity contribution in [1.82, 2.24) is 4.90 Å². The van der Waals surface area contributed by atoms with Crippen LogP contribution in [0.2, 0.25) is 0 Å². The highest BCUT2D eigenvalue weighted by Crippen LogP contribution is 2.39. The van der Waals surface area contributed by atoms with Crippen molar-refractivity contribution < 1.29 is 0 Å². The Hall–Kier alpha value is -0.0400. The molecule has 1 heteroatoms. The van der Waals surface area contributed by atoms with Crippen molar-refractivity contribution in [2.24, 2.45) is 11.8 Å². The topological polar surface area (TPSA) is 3.24 Å². The zero-order valence-corrected chi connectivity index (χ0v) is 7.71. The van der Waals surface area contributed by atoms with Gasteiger partial charge in [0, 0.05) is 6.04 Å². The first-order valence-corrected chi connectivity index (χ1v) is 4.97. The van der Waals surface area contributed by atoms with Crippen molar-refractivity contribution in [3.63, 3.8) is 0 Å². The lowest BCUT2D eigenvalue weighted by atomic mass is 9.92. The lowest BCUT2D eigenvalue weighted by Gasteiger charge is -2.34. The molecular weight excluding hydrogens is 134 g/mol. The number of hydrogen-bond donors (Lipinski definition) is 0. The Balaban J connectivity index is 2.03.